The van der Waals surface area contributed by atoms with Gasteiger partial charge in [0.2, 0.25) is 5.91 Å². The molecule has 5 nitrogen and oxygen atoms in total. The van der Waals surface area contributed by atoms with E-state index in [9.17, 15) is 9.59 Å². The molecule has 27 heavy (non-hydrogen) atoms. The fraction of sp³-hybridized carbons (Fsp3) is 0.364. The summed E-state index contributed by atoms with van der Waals surface area (Å²) in [5.41, 5.74) is 4.54. The van der Waals surface area contributed by atoms with Crippen LogP contribution in [0.1, 0.15) is 23.1 Å². The van der Waals surface area contributed by atoms with Crippen molar-refractivity contribution >= 4 is 17.6 Å². The van der Waals surface area contributed by atoms with Crippen LogP contribution in [0, 0.1) is 6.92 Å². The van der Waals surface area contributed by atoms with Crippen LogP contribution in [-0.2, 0) is 17.8 Å². The number of fused-ring (bicyclic) bond motifs is 1. The SMILES string of the molecule is Cc1ccc(CN2CCN(CC(=O)N3CCCc4ccccc43)C2=O)cc1. The molecule has 1 saturated heterocycles. The molecule has 1 fully saturated rings. The lowest BCUT2D eigenvalue weighted by atomic mass is 10.0. The van der Waals surface area contributed by atoms with Crippen LogP contribution in [0.4, 0.5) is 10.5 Å². The Morgan fingerprint density at radius 1 is 0.963 bits per heavy atom. The van der Waals surface area contributed by atoms with Crippen LogP contribution in [0.3, 0.4) is 0 Å². The second kappa shape index (κ2) is 7.43. The molecule has 2 aromatic carbocycles. The first-order chi connectivity index (χ1) is 13.1. The van der Waals surface area contributed by atoms with E-state index >= 15 is 0 Å². The molecule has 5 heteroatoms. The van der Waals surface area contributed by atoms with Gasteiger partial charge in [-0.3, -0.25) is 4.79 Å². The second-order valence-corrected chi connectivity index (χ2v) is 7.39. The van der Waals surface area contributed by atoms with Crippen molar-refractivity contribution in [2.45, 2.75) is 26.3 Å². The highest BCUT2D eigenvalue weighted by Gasteiger charge is 2.32. The van der Waals surface area contributed by atoms with Crippen molar-refractivity contribution in [3.63, 3.8) is 0 Å². The van der Waals surface area contributed by atoms with Crippen molar-refractivity contribution in [3.8, 4) is 0 Å². The van der Waals surface area contributed by atoms with Gasteiger partial charge in [0.05, 0.1) is 0 Å². The molecule has 0 atom stereocenters. The van der Waals surface area contributed by atoms with Crippen molar-refractivity contribution in [2.24, 2.45) is 0 Å². The average Bonchev–Trinajstić information content (AvgIpc) is 3.02. The van der Waals surface area contributed by atoms with E-state index in [-0.39, 0.29) is 18.5 Å². The van der Waals surface area contributed by atoms with Crippen LogP contribution in [-0.4, -0.2) is 47.9 Å². The van der Waals surface area contributed by atoms with Crippen molar-refractivity contribution in [1.29, 1.82) is 0 Å². The molecule has 2 aromatic rings. The number of hydrogen-bond donors (Lipinski definition) is 0. The molecule has 4 rings (SSSR count). The van der Waals surface area contributed by atoms with Crippen LogP contribution in [0.2, 0.25) is 0 Å². The van der Waals surface area contributed by atoms with E-state index in [1.165, 1.54) is 11.1 Å². The van der Waals surface area contributed by atoms with Gasteiger partial charge in [0.15, 0.2) is 0 Å². The fourth-order valence-electron chi connectivity index (χ4n) is 3.88. The van der Waals surface area contributed by atoms with E-state index in [2.05, 4.69) is 37.3 Å². The maximum atomic E-state index is 12.9. The normalized spacial score (nSPS) is 16.6. The Bertz CT molecular complexity index is 847. The van der Waals surface area contributed by atoms with E-state index in [1.807, 2.05) is 28.0 Å². The molecule has 2 heterocycles. The molecular weight excluding hydrogens is 338 g/mol. The van der Waals surface area contributed by atoms with Gasteiger partial charge in [-0.05, 0) is 37.0 Å². The zero-order valence-electron chi connectivity index (χ0n) is 15.7. The summed E-state index contributed by atoms with van der Waals surface area (Å²) in [5.74, 6) is 0.00712. The average molecular weight is 363 g/mol. The number of carbonyl (C=O) groups excluding carboxylic acids is 2. The quantitative estimate of drug-likeness (QED) is 0.837. The van der Waals surface area contributed by atoms with Gasteiger partial charge in [-0.1, -0.05) is 48.0 Å². The van der Waals surface area contributed by atoms with Gasteiger partial charge in [0.1, 0.15) is 6.54 Å². The molecule has 140 valence electrons. The molecule has 0 saturated carbocycles. The van der Waals surface area contributed by atoms with Crippen molar-refractivity contribution in [1.82, 2.24) is 9.80 Å². The Kier molecular flexibility index (Phi) is 4.84. The predicted molar refractivity (Wildman–Crippen MR) is 106 cm³/mol. The summed E-state index contributed by atoms with van der Waals surface area (Å²) < 4.78 is 0. The van der Waals surface area contributed by atoms with Gasteiger partial charge in [-0.2, -0.15) is 0 Å². The minimum absolute atomic E-state index is 0.00712. The standard InChI is InChI=1S/C22H25N3O2/c1-17-8-10-18(11-9-17)15-23-13-14-24(22(23)27)16-21(26)25-12-4-6-19-5-2-3-7-20(19)25/h2-3,5,7-11H,4,6,12-16H2,1H3. The highest BCUT2D eigenvalue weighted by atomic mass is 16.2. The lowest BCUT2D eigenvalue weighted by molar-refractivity contribution is -0.119. The summed E-state index contributed by atoms with van der Waals surface area (Å²) in [4.78, 5) is 30.9. The van der Waals surface area contributed by atoms with Crippen molar-refractivity contribution in [2.75, 3.05) is 31.1 Å². The molecule has 3 amide bonds. The molecule has 0 spiro atoms. The van der Waals surface area contributed by atoms with E-state index < -0.39 is 0 Å². The van der Waals surface area contributed by atoms with Crippen LogP contribution in [0.25, 0.3) is 0 Å². The van der Waals surface area contributed by atoms with Gasteiger partial charge in [-0.15, -0.1) is 0 Å². The molecule has 2 aliphatic rings. The number of benzene rings is 2. The van der Waals surface area contributed by atoms with Gasteiger partial charge in [0, 0.05) is 31.9 Å². The van der Waals surface area contributed by atoms with Crippen LogP contribution < -0.4 is 4.90 Å². The molecule has 0 aliphatic carbocycles. The summed E-state index contributed by atoms with van der Waals surface area (Å²) in [6.45, 7) is 4.79. The molecule has 0 bridgehead atoms. The Morgan fingerprint density at radius 2 is 1.70 bits per heavy atom. The summed E-state index contributed by atoms with van der Waals surface area (Å²) >= 11 is 0. The number of nitrogens with zero attached hydrogens (tertiary/aromatic N) is 3. The number of rotatable bonds is 4. The smallest absolute Gasteiger partial charge is 0.319 e. The third-order valence-corrected chi connectivity index (χ3v) is 5.41. The second-order valence-electron chi connectivity index (χ2n) is 7.39. The lowest BCUT2D eigenvalue weighted by Crippen LogP contribution is -2.44. The van der Waals surface area contributed by atoms with Crippen LogP contribution in [0.5, 0.6) is 0 Å². The number of urea groups is 1. The number of anilines is 1. The molecule has 0 aromatic heterocycles. The topological polar surface area (TPSA) is 43.9 Å². The molecule has 0 radical (unpaired) electrons. The highest BCUT2D eigenvalue weighted by Crippen LogP contribution is 2.27. The highest BCUT2D eigenvalue weighted by molar-refractivity contribution is 5.97. The number of para-hydroxylation sites is 1. The summed E-state index contributed by atoms with van der Waals surface area (Å²) in [7, 11) is 0. The van der Waals surface area contributed by atoms with E-state index in [0.717, 1.165) is 30.6 Å². The lowest BCUT2D eigenvalue weighted by Gasteiger charge is -2.30. The zero-order valence-corrected chi connectivity index (χ0v) is 15.7. The predicted octanol–water partition coefficient (Wildman–Crippen LogP) is 3.21. The van der Waals surface area contributed by atoms with E-state index in [1.54, 1.807) is 4.90 Å². The zero-order chi connectivity index (χ0) is 18.8. The first kappa shape index (κ1) is 17.6. The van der Waals surface area contributed by atoms with Crippen LogP contribution >= 0.6 is 0 Å². The van der Waals surface area contributed by atoms with Crippen molar-refractivity contribution < 1.29 is 9.59 Å². The van der Waals surface area contributed by atoms with E-state index in [0.29, 0.717) is 19.6 Å². The van der Waals surface area contributed by atoms with E-state index in [4.69, 9.17) is 0 Å². The Hall–Kier alpha value is -2.82. The number of carbonyl (C=O) groups is 2. The third kappa shape index (κ3) is 3.68. The van der Waals surface area contributed by atoms with Crippen molar-refractivity contribution in [3.05, 3.63) is 65.2 Å². The molecule has 0 unspecified atom stereocenters. The summed E-state index contributed by atoms with van der Waals surface area (Å²) in [5, 5.41) is 0. The van der Waals surface area contributed by atoms with Gasteiger partial charge in [-0.25, -0.2) is 4.79 Å². The Labute approximate surface area is 160 Å². The maximum Gasteiger partial charge on any atom is 0.320 e. The molecule has 0 N–H and O–H groups in total. The largest absolute Gasteiger partial charge is 0.320 e. The van der Waals surface area contributed by atoms with Gasteiger partial charge >= 0.3 is 6.03 Å². The summed E-state index contributed by atoms with van der Waals surface area (Å²) in [6.07, 6.45) is 1.98. The molecule has 2 aliphatic heterocycles. The number of hydrogen-bond acceptors (Lipinski definition) is 2. The van der Waals surface area contributed by atoms with Crippen LogP contribution in [0.15, 0.2) is 48.5 Å². The number of amides is 3. The first-order valence-corrected chi connectivity index (χ1v) is 9.59. The fourth-order valence-corrected chi connectivity index (χ4v) is 3.88. The first-order valence-electron chi connectivity index (χ1n) is 9.59. The minimum Gasteiger partial charge on any atom is -0.319 e. The van der Waals surface area contributed by atoms with Gasteiger partial charge < -0.3 is 14.7 Å². The monoisotopic (exact) mass is 363 g/mol. The number of aryl methyl sites for hydroxylation is 2. The third-order valence-electron chi connectivity index (χ3n) is 5.41. The Balaban J connectivity index is 1.40. The summed E-state index contributed by atoms with van der Waals surface area (Å²) in [6, 6.07) is 16.3. The van der Waals surface area contributed by atoms with Gasteiger partial charge in [0.25, 0.3) is 0 Å². The Morgan fingerprint density at radius 3 is 2.52 bits per heavy atom. The maximum absolute atomic E-state index is 12.9. The minimum atomic E-state index is -0.0470. The molecular formula is C22H25N3O2.